The van der Waals surface area contributed by atoms with Gasteiger partial charge in [0, 0.05) is 18.7 Å². The lowest BCUT2D eigenvalue weighted by Gasteiger charge is -2.10. The summed E-state index contributed by atoms with van der Waals surface area (Å²) < 4.78 is 1.91. The van der Waals surface area contributed by atoms with E-state index >= 15 is 0 Å². The largest absolute Gasteiger partial charge is 0.396 e. The molecule has 3 rings (SSSR count). The molecular weight excluding hydrogens is 314 g/mol. The van der Waals surface area contributed by atoms with Gasteiger partial charge >= 0.3 is 0 Å². The topological polar surface area (TPSA) is 67.2 Å². The van der Waals surface area contributed by atoms with Crippen LogP contribution in [-0.4, -0.2) is 33.6 Å². The molecule has 0 aliphatic heterocycles. The van der Waals surface area contributed by atoms with E-state index in [4.69, 9.17) is 5.11 Å². The number of aromatic nitrogens is 2. The van der Waals surface area contributed by atoms with Crippen molar-refractivity contribution in [2.75, 3.05) is 18.5 Å². The Hall–Kier alpha value is -2.66. The molecule has 5 heteroatoms. The molecule has 1 heterocycles. The molecule has 3 aromatic rings. The number of benzene rings is 2. The molecular formula is C20H23N3O2. The van der Waals surface area contributed by atoms with Gasteiger partial charge < -0.3 is 15.0 Å². The van der Waals surface area contributed by atoms with Crippen molar-refractivity contribution < 1.29 is 9.90 Å². The van der Waals surface area contributed by atoms with Crippen LogP contribution in [0, 0.1) is 0 Å². The zero-order valence-corrected chi connectivity index (χ0v) is 14.4. The molecule has 0 unspecified atom stereocenters. The molecule has 130 valence electrons. The highest BCUT2D eigenvalue weighted by molar-refractivity contribution is 5.97. The molecule has 0 atom stereocenters. The van der Waals surface area contributed by atoms with Crippen molar-refractivity contribution in [2.45, 2.75) is 26.3 Å². The number of anilines is 1. The maximum atomic E-state index is 12.7. The minimum Gasteiger partial charge on any atom is -0.396 e. The van der Waals surface area contributed by atoms with Crippen molar-refractivity contribution in [3.8, 4) is 0 Å². The number of Topliss-reactive ketones (excluding diaryl/α,β-unsaturated/α-hetero) is 1. The molecule has 0 fully saturated rings. The van der Waals surface area contributed by atoms with Gasteiger partial charge in [-0.05, 0) is 30.5 Å². The number of carbonyl (C=O) groups excluding carboxylic acids is 1. The summed E-state index contributed by atoms with van der Waals surface area (Å²) in [4.78, 5) is 17.3. The molecule has 0 radical (unpaired) electrons. The third kappa shape index (κ3) is 3.88. The molecule has 0 saturated heterocycles. The fourth-order valence-electron chi connectivity index (χ4n) is 2.81. The van der Waals surface area contributed by atoms with Crippen LogP contribution in [0.4, 0.5) is 5.95 Å². The highest BCUT2D eigenvalue weighted by Gasteiger charge is 2.14. The number of aliphatic hydroxyl groups is 1. The summed E-state index contributed by atoms with van der Waals surface area (Å²) in [7, 11) is 0. The summed E-state index contributed by atoms with van der Waals surface area (Å²) in [6.07, 6.45) is 1.59. The molecule has 2 N–H and O–H groups in total. The first-order valence-corrected chi connectivity index (χ1v) is 8.65. The minimum atomic E-state index is 0.0519. The molecule has 0 bridgehead atoms. The molecule has 0 saturated carbocycles. The highest BCUT2D eigenvalue weighted by atomic mass is 16.3. The van der Waals surface area contributed by atoms with Crippen LogP contribution < -0.4 is 5.32 Å². The van der Waals surface area contributed by atoms with E-state index in [1.165, 1.54) is 5.56 Å². The van der Waals surface area contributed by atoms with Crippen molar-refractivity contribution >= 4 is 22.8 Å². The van der Waals surface area contributed by atoms with Crippen molar-refractivity contribution in [3.05, 3.63) is 59.7 Å². The number of ketones is 1. The third-order valence-corrected chi connectivity index (χ3v) is 4.26. The summed E-state index contributed by atoms with van der Waals surface area (Å²) in [5.41, 5.74) is 3.70. The Labute approximate surface area is 147 Å². The minimum absolute atomic E-state index is 0.0519. The van der Waals surface area contributed by atoms with E-state index in [1.54, 1.807) is 0 Å². The summed E-state index contributed by atoms with van der Waals surface area (Å²) >= 11 is 0. The van der Waals surface area contributed by atoms with Gasteiger partial charge in [-0.25, -0.2) is 4.98 Å². The van der Waals surface area contributed by atoms with Crippen LogP contribution in [0.5, 0.6) is 0 Å². The van der Waals surface area contributed by atoms with Gasteiger partial charge in [-0.1, -0.05) is 43.3 Å². The highest BCUT2D eigenvalue weighted by Crippen LogP contribution is 2.20. The summed E-state index contributed by atoms with van der Waals surface area (Å²) in [5, 5.41) is 12.2. The molecule has 1 aromatic heterocycles. The van der Waals surface area contributed by atoms with E-state index < -0.39 is 0 Å². The number of nitrogens with one attached hydrogen (secondary N) is 1. The van der Waals surface area contributed by atoms with Gasteiger partial charge in [0.25, 0.3) is 0 Å². The molecule has 2 aromatic carbocycles. The fourth-order valence-corrected chi connectivity index (χ4v) is 2.81. The van der Waals surface area contributed by atoms with E-state index in [0.29, 0.717) is 24.5 Å². The number of hydrogen-bond acceptors (Lipinski definition) is 4. The number of rotatable bonds is 8. The first-order valence-electron chi connectivity index (χ1n) is 8.65. The second-order valence-electron chi connectivity index (χ2n) is 5.99. The van der Waals surface area contributed by atoms with Crippen LogP contribution in [0.25, 0.3) is 11.0 Å². The summed E-state index contributed by atoms with van der Waals surface area (Å²) in [6, 6.07) is 15.6. The fraction of sp³-hybridized carbons (Fsp3) is 0.300. The van der Waals surface area contributed by atoms with Gasteiger partial charge in [-0.2, -0.15) is 0 Å². The van der Waals surface area contributed by atoms with Crippen molar-refractivity contribution in [3.63, 3.8) is 0 Å². The molecule has 25 heavy (non-hydrogen) atoms. The summed E-state index contributed by atoms with van der Waals surface area (Å²) in [6.45, 7) is 3.06. The number of nitrogens with zero attached hydrogens (tertiary/aromatic N) is 2. The van der Waals surface area contributed by atoms with Gasteiger partial charge in [-0.15, -0.1) is 0 Å². The molecule has 0 aliphatic carbocycles. The number of hydrogen-bond donors (Lipinski definition) is 2. The number of imidazole rings is 1. The number of carbonyl (C=O) groups is 1. The maximum Gasteiger partial charge on any atom is 0.204 e. The van der Waals surface area contributed by atoms with Crippen molar-refractivity contribution in [2.24, 2.45) is 0 Å². The Morgan fingerprint density at radius 1 is 1.16 bits per heavy atom. The lowest BCUT2D eigenvalue weighted by molar-refractivity contribution is 0.0974. The quantitative estimate of drug-likeness (QED) is 0.489. The number of aryl methyl sites for hydroxylation is 1. The lowest BCUT2D eigenvalue weighted by atomic mass is 10.1. The second kappa shape index (κ2) is 7.94. The average molecular weight is 337 g/mol. The SMILES string of the molecule is CCc1ccc(C(=O)Cn2c(NCCCO)nc3ccccc32)cc1. The average Bonchev–Trinajstić information content (AvgIpc) is 2.99. The lowest BCUT2D eigenvalue weighted by Crippen LogP contribution is -2.15. The molecule has 0 aliphatic rings. The predicted octanol–water partition coefficient (Wildman–Crippen LogP) is 3.28. The van der Waals surface area contributed by atoms with Gasteiger partial charge in [-0.3, -0.25) is 4.79 Å². The smallest absolute Gasteiger partial charge is 0.204 e. The van der Waals surface area contributed by atoms with Gasteiger partial charge in [0.2, 0.25) is 5.95 Å². The van der Waals surface area contributed by atoms with E-state index in [-0.39, 0.29) is 18.9 Å². The van der Waals surface area contributed by atoms with Gasteiger partial charge in [0.1, 0.15) is 0 Å². The van der Waals surface area contributed by atoms with E-state index in [2.05, 4.69) is 17.2 Å². The van der Waals surface area contributed by atoms with Crippen molar-refractivity contribution in [1.29, 1.82) is 0 Å². The second-order valence-corrected chi connectivity index (χ2v) is 5.99. The molecule has 0 amide bonds. The van der Waals surface area contributed by atoms with Crippen LogP contribution >= 0.6 is 0 Å². The number of fused-ring (bicyclic) bond motifs is 1. The van der Waals surface area contributed by atoms with Crippen LogP contribution in [-0.2, 0) is 13.0 Å². The predicted molar refractivity (Wildman–Crippen MR) is 100 cm³/mol. The van der Waals surface area contributed by atoms with Crippen LogP contribution in [0.3, 0.4) is 0 Å². The van der Waals surface area contributed by atoms with Crippen LogP contribution in [0.1, 0.15) is 29.3 Å². The third-order valence-electron chi connectivity index (χ3n) is 4.26. The Bertz CT molecular complexity index is 853. The van der Waals surface area contributed by atoms with Crippen molar-refractivity contribution in [1.82, 2.24) is 9.55 Å². The zero-order chi connectivity index (χ0) is 17.6. The molecule has 0 spiro atoms. The van der Waals surface area contributed by atoms with E-state index in [0.717, 1.165) is 17.5 Å². The van der Waals surface area contributed by atoms with E-state index in [1.807, 2.05) is 53.1 Å². The first kappa shape index (κ1) is 17.2. The normalized spacial score (nSPS) is 11.0. The Morgan fingerprint density at radius 2 is 1.92 bits per heavy atom. The van der Waals surface area contributed by atoms with Gasteiger partial charge in [0.15, 0.2) is 5.78 Å². The number of para-hydroxylation sites is 2. The van der Waals surface area contributed by atoms with Gasteiger partial charge in [0.05, 0.1) is 17.6 Å². The number of aliphatic hydroxyl groups excluding tert-OH is 1. The van der Waals surface area contributed by atoms with E-state index in [9.17, 15) is 4.79 Å². The Morgan fingerprint density at radius 3 is 2.64 bits per heavy atom. The first-order chi connectivity index (χ1) is 12.2. The summed E-state index contributed by atoms with van der Waals surface area (Å²) in [5.74, 6) is 0.712. The Kier molecular flexibility index (Phi) is 5.46. The monoisotopic (exact) mass is 337 g/mol. The Balaban J connectivity index is 1.87. The van der Waals surface area contributed by atoms with Crippen LogP contribution in [0.15, 0.2) is 48.5 Å². The van der Waals surface area contributed by atoms with Crippen LogP contribution in [0.2, 0.25) is 0 Å². The zero-order valence-electron chi connectivity index (χ0n) is 14.4. The standard InChI is InChI=1S/C20H23N3O2/c1-2-15-8-10-16(11-9-15)19(25)14-23-18-7-4-3-6-17(18)22-20(23)21-12-5-13-24/h3-4,6-11,24H,2,5,12-14H2,1H3,(H,21,22). The maximum absolute atomic E-state index is 12.7. The molecule has 5 nitrogen and oxygen atoms in total.